The fourth-order valence-corrected chi connectivity index (χ4v) is 2.07. The van der Waals surface area contributed by atoms with Gasteiger partial charge in [0, 0.05) is 0 Å². The van der Waals surface area contributed by atoms with Crippen molar-refractivity contribution in [3.8, 4) is 0 Å². The molecule has 0 fully saturated rings. The second kappa shape index (κ2) is 11.5. The number of aliphatic hydroxyl groups is 5. The highest BCUT2D eigenvalue weighted by atomic mass is 16.3. The Balaban J connectivity index is 3.59. The maximum atomic E-state index is 9.78. The van der Waals surface area contributed by atoms with E-state index >= 15 is 0 Å². The first-order chi connectivity index (χ1) is 9.31. The molecule has 0 aromatic rings. The average Bonchev–Trinajstić information content (AvgIpc) is 2.37. The van der Waals surface area contributed by atoms with Gasteiger partial charge >= 0.3 is 0 Å². The molecule has 5 N–H and O–H groups in total. The highest BCUT2D eigenvalue weighted by Crippen LogP contribution is 2.14. The minimum Gasteiger partial charge on any atom is -0.393 e. The normalized spacial score (nSPS) is 19.4. The third-order valence-electron chi connectivity index (χ3n) is 3.50. The van der Waals surface area contributed by atoms with Crippen LogP contribution in [-0.4, -0.2) is 56.1 Å². The molecule has 0 saturated heterocycles. The summed E-state index contributed by atoms with van der Waals surface area (Å²) in [4.78, 5) is 0. The van der Waals surface area contributed by atoms with Crippen LogP contribution < -0.4 is 0 Å². The van der Waals surface area contributed by atoms with Crippen LogP contribution in [0.25, 0.3) is 0 Å². The molecule has 5 nitrogen and oxygen atoms in total. The topological polar surface area (TPSA) is 101 Å². The Bertz CT molecular complexity index is 198. The molecule has 20 heavy (non-hydrogen) atoms. The molecule has 5 heteroatoms. The van der Waals surface area contributed by atoms with Crippen molar-refractivity contribution in [2.75, 3.05) is 0 Å². The minimum atomic E-state index is -0.516. The molecule has 0 spiro atoms. The number of rotatable bonds is 12. The Morgan fingerprint density at radius 3 is 0.850 bits per heavy atom. The van der Waals surface area contributed by atoms with Gasteiger partial charge in [-0.05, 0) is 65.2 Å². The van der Waals surface area contributed by atoms with Crippen molar-refractivity contribution < 1.29 is 25.5 Å². The average molecular weight is 292 g/mol. The van der Waals surface area contributed by atoms with Gasteiger partial charge in [-0.15, -0.1) is 0 Å². The van der Waals surface area contributed by atoms with Crippen LogP contribution in [0.1, 0.15) is 65.2 Å². The Morgan fingerprint density at radius 2 is 0.650 bits per heavy atom. The fraction of sp³-hybridized carbons (Fsp3) is 1.00. The van der Waals surface area contributed by atoms with Crippen LogP contribution in [0, 0.1) is 0 Å². The molecule has 4 unspecified atom stereocenters. The molecule has 122 valence electrons. The van der Waals surface area contributed by atoms with E-state index in [0.29, 0.717) is 51.4 Å². The Hall–Kier alpha value is -0.200. The zero-order chi connectivity index (χ0) is 15.5. The van der Waals surface area contributed by atoms with Crippen LogP contribution in [-0.2, 0) is 0 Å². The maximum Gasteiger partial charge on any atom is 0.0542 e. The standard InChI is InChI=1S/C15H32O5/c1-11(16)3-5-13(18)7-9-15(20)10-8-14(19)6-4-12(2)17/h11-20H,3-10H2,1-2H3. The van der Waals surface area contributed by atoms with Gasteiger partial charge in [0.2, 0.25) is 0 Å². The smallest absolute Gasteiger partial charge is 0.0542 e. The van der Waals surface area contributed by atoms with Gasteiger partial charge in [0.15, 0.2) is 0 Å². The van der Waals surface area contributed by atoms with Gasteiger partial charge in [-0.3, -0.25) is 0 Å². The van der Waals surface area contributed by atoms with E-state index in [4.69, 9.17) is 10.2 Å². The molecule has 0 rings (SSSR count). The van der Waals surface area contributed by atoms with Gasteiger partial charge in [0.25, 0.3) is 0 Å². The van der Waals surface area contributed by atoms with Crippen molar-refractivity contribution in [3.05, 3.63) is 0 Å². The van der Waals surface area contributed by atoms with E-state index in [1.165, 1.54) is 0 Å². The van der Waals surface area contributed by atoms with Crippen molar-refractivity contribution in [1.29, 1.82) is 0 Å². The van der Waals surface area contributed by atoms with Crippen molar-refractivity contribution >= 4 is 0 Å². The van der Waals surface area contributed by atoms with E-state index in [2.05, 4.69) is 0 Å². The van der Waals surface area contributed by atoms with Crippen LogP contribution in [0.2, 0.25) is 0 Å². The lowest BCUT2D eigenvalue weighted by Gasteiger charge is -2.17. The summed E-state index contributed by atoms with van der Waals surface area (Å²) < 4.78 is 0. The molecule has 4 atom stereocenters. The summed E-state index contributed by atoms with van der Waals surface area (Å²) in [5, 5.41) is 47.3. The molecule has 0 aliphatic heterocycles. The van der Waals surface area contributed by atoms with Gasteiger partial charge < -0.3 is 25.5 Å². The quantitative estimate of drug-likeness (QED) is 0.369. The number of hydrogen-bond donors (Lipinski definition) is 5. The number of hydrogen-bond acceptors (Lipinski definition) is 5. The molecule has 0 amide bonds. The predicted molar refractivity (Wildman–Crippen MR) is 78.3 cm³/mol. The fourth-order valence-electron chi connectivity index (χ4n) is 2.07. The van der Waals surface area contributed by atoms with Crippen molar-refractivity contribution in [2.45, 2.75) is 95.7 Å². The van der Waals surface area contributed by atoms with Crippen molar-refractivity contribution in [1.82, 2.24) is 0 Å². The summed E-state index contributed by atoms with van der Waals surface area (Å²) in [5.41, 5.74) is 0. The van der Waals surface area contributed by atoms with E-state index in [-0.39, 0.29) is 0 Å². The summed E-state index contributed by atoms with van der Waals surface area (Å²) in [5.74, 6) is 0. The zero-order valence-electron chi connectivity index (χ0n) is 12.8. The van der Waals surface area contributed by atoms with Crippen LogP contribution >= 0.6 is 0 Å². The van der Waals surface area contributed by atoms with Gasteiger partial charge in [-0.2, -0.15) is 0 Å². The summed E-state index contributed by atoms with van der Waals surface area (Å²) >= 11 is 0. The van der Waals surface area contributed by atoms with Crippen LogP contribution in [0.15, 0.2) is 0 Å². The second-order valence-corrected chi connectivity index (χ2v) is 5.97. The van der Waals surface area contributed by atoms with Crippen LogP contribution in [0.5, 0.6) is 0 Å². The molecule has 0 aliphatic carbocycles. The van der Waals surface area contributed by atoms with E-state index in [1.807, 2.05) is 0 Å². The van der Waals surface area contributed by atoms with Crippen LogP contribution in [0.4, 0.5) is 0 Å². The van der Waals surface area contributed by atoms with Gasteiger partial charge in [0.1, 0.15) is 0 Å². The summed E-state index contributed by atoms with van der Waals surface area (Å²) in [6.45, 7) is 3.38. The molecule has 0 radical (unpaired) electrons. The Kier molecular flexibility index (Phi) is 11.3. The van der Waals surface area contributed by atoms with Crippen molar-refractivity contribution in [2.24, 2.45) is 0 Å². The Morgan fingerprint density at radius 1 is 0.450 bits per heavy atom. The molecular formula is C15H32O5. The maximum absolute atomic E-state index is 9.78. The zero-order valence-corrected chi connectivity index (χ0v) is 12.8. The van der Waals surface area contributed by atoms with E-state index < -0.39 is 30.5 Å². The van der Waals surface area contributed by atoms with Gasteiger partial charge in [0.05, 0.1) is 30.5 Å². The SMILES string of the molecule is CC(O)CCC(O)CCC(O)CCC(O)CCC(C)O. The first-order valence-corrected chi connectivity index (χ1v) is 7.71. The van der Waals surface area contributed by atoms with Crippen LogP contribution in [0.3, 0.4) is 0 Å². The molecule has 0 bridgehead atoms. The lowest BCUT2D eigenvalue weighted by molar-refractivity contribution is 0.0720. The van der Waals surface area contributed by atoms with E-state index in [1.54, 1.807) is 13.8 Å². The number of aliphatic hydroxyl groups excluding tert-OH is 5. The highest BCUT2D eigenvalue weighted by molar-refractivity contribution is 4.66. The van der Waals surface area contributed by atoms with Gasteiger partial charge in [-0.1, -0.05) is 0 Å². The third kappa shape index (κ3) is 12.8. The molecule has 0 aromatic carbocycles. The molecule has 0 heterocycles. The molecular weight excluding hydrogens is 260 g/mol. The highest BCUT2D eigenvalue weighted by Gasteiger charge is 2.13. The van der Waals surface area contributed by atoms with Crippen molar-refractivity contribution in [3.63, 3.8) is 0 Å². The Labute approximate surface area is 122 Å². The first kappa shape index (κ1) is 19.8. The minimum absolute atomic E-state index is 0.404. The summed E-state index contributed by atoms with van der Waals surface area (Å²) in [7, 11) is 0. The summed E-state index contributed by atoms with van der Waals surface area (Å²) in [6, 6.07) is 0. The monoisotopic (exact) mass is 292 g/mol. The third-order valence-corrected chi connectivity index (χ3v) is 3.50. The largest absolute Gasteiger partial charge is 0.393 e. The molecule has 0 aliphatic rings. The lowest BCUT2D eigenvalue weighted by Crippen LogP contribution is -2.17. The van der Waals surface area contributed by atoms with Gasteiger partial charge in [-0.25, -0.2) is 0 Å². The predicted octanol–water partition coefficient (Wildman–Crippen LogP) is 0.952. The second-order valence-electron chi connectivity index (χ2n) is 5.97. The molecule has 0 saturated carbocycles. The van der Waals surface area contributed by atoms with E-state index in [9.17, 15) is 15.3 Å². The molecule has 0 aromatic heterocycles. The summed E-state index contributed by atoms with van der Waals surface area (Å²) in [6.07, 6.45) is 1.95. The lowest BCUT2D eigenvalue weighted by atomic mass is 9.99. The van der Waals surface area contributed by atoms with E-state index in [0.717, 1.165) is 0 Å². The first-order valence-electron chi connectivity index (χ1n) is 7.71.